The maximum Gasteiger partial charge on any atom is 0.393 e. The molecule has 5 heteroatoms. The molecule has 0 unspecified atom stereocenters. The molecule has 72 valence electrons. The van der Waals surface area contributed by atoms with Crippen LogP contribution < -0.4 is 0 Å². The Kier molecular flexibility index (Phi) is 3.12. The smallest absolute Gasteiger partial charge is 0.393 e. The minimum atomic E-state index is -4.33. The largest absolute Gasteiger partial charge is 0.481 e. The molecule has 0 saturated carbocycles. The van der Waals surface area contributed by atoms with Crippen molar-refractivity contribution >= 4 is 5.97 Å². The average Bonchev–Trinajstić information content (AvgIpc) is 1.81. The molecule has 0 aliphatic heterocycles. The van der Waals surface area contributed by atoms with Crippen LogP contribution in [-0.4, -0.2) is 17.3 Å². The summed E-state index contributed by atoms with van der Waals surface area (Å²) in [5.74, 6) is -1.20. The molecule has 0 heterocycles. The molecule has 0 fully saturated rings. The van der Waals surface area contributed by atoms with Crippen LogP contribution in [0.25, 0.3) is 0 Å². The quantitative estimate of drug-likeness (QED) is 0.731. The van der Waals surface area contributed by atoms with Gasteiger partial charge < -0.3 is 5.11 Å². The van der Waals surface area contributed by atoms with E-state index in [0.29, 0.717) is 0 Å². The Morgan fingerprint density at radius 3 is 2.00 bits per heavy atom. The van der Waals surface area contributed by atoms with Crippen LogP contribution in [0.4, 0.5) is 13.2 Å². The van der Waals surface area contributed by atoms with E-state index in [1.165, 1.54) is 0 Å². The Hall–Kier alpha value is -0.740. The Balaban J connectivity index is 4.14. The fourth-order valence-corrected chi connectivity index (χ4v) is 0.561. The summed E-state index contributed by atoms with van der Waals surface area (Å²) in [5, 5.41) is 8.18. The molecule has 0 aliphatic rings. The van der Waals surface area contributed by atoms with Crippen molar-refractivity contribution in [3.05, 3.63) is 0 Å². The third-order valence-corrected chi connectivity index (χ3v) is 1.73. The molecule has 0 bridgehead atoms. The maximum atomic E-state index is 12.1. The first-order valence-electron chi connectivity index (χ1n) is 3.45. The van der Waals surface area contributed by atoms with Gasteiger partial charge in [0.15, 0.2) is 0 Å². The number of aliphatic carboxylic acids is 1. The van der Waals surface area contributed by atoms with Gasteiger partial charge in [0.05, 0.1) is 5.41 Å². The molecule has 0 rings (SSSR count). The van der Waals surface area contributed by atoms with Crippen molar-refractivity contribution in [1.82, 2.24) is 0 Å². The number of carboxylic acids is 1. The SMILES string of the molecule is CC(C)(CCC(=O)O)C(F)(F)F. The van der Waals surface area contributed by atoms with Crippen molar-refractivity contribution in [2.45, 2.75) is 32.9 Å². The van der Waals surface area contributed by atoms with E-state index in [1.807, 2.05) is 0 Å². The number of carboxylic acid groups (broad SMARTS) is 1. The normalized spacial score (nSPS) is 13.1. The predicted octanol–water partition coefficient (Wildman–Crippen LogP) is 2.44. The Morgan fingerprint density at radius 1 is 1.33 bits per heavy atom. The lowest BCUT2D eigenvalue weighted by molar-refractivity contribution is -0.214. The van der Waals surface area contributed by atoms with Crippen molar-refractivity contribution in [1.29, 1.82) is 0 Å². The highest BCUT2D eigenvalue weighted by Crippen LogP contribution is 2.40. The molecule has 0 spiro atoms. The summed E-state index contributed by atoms with van der Waals surface area (Å²) in [6.45, 7) is 1.99. The Morgan fingerprint density at radius 2 is 1.75 bits per heavy atom. The van der Waals surface area contributed by atoms with Gasteiger partial charge in [0.1, 0.15) is 0 Å². The van der Waals surface area contributed by atoms with Gasteiger partial charge in [-0.15, -0.1) is 0 Å². The van der Waals surface area contributed by atoms with E-state index in [2.05, 4.69) is 0 Å². The molecular formula is C7H11F3O2. The van der Waals surface area contributed by atoms with Crippen LogP contribution in [0.15, 0.2) is 0 Å². The number of halogens is 3. The molecule has 0 atom stereocenters. The van der Waals surface area contributed by atoms with Gasteiger partial charge in [0, 0.05) is 6.42 Å². The molecule has 0 amide bonds. The summed E-state index contributed by atoms with van der Waals surface area (Å²) < 4.78 is 36.3. The number of carbonyl (C=O) groups is 1. The van der Waals surface area contributed by atoms with Crippen LogP contribution in [0.3, 0.4) is 0 Å². The van der Waals surface area contributed by atoms with E-state index in [9.17, 15) is 18.0 Å². The molecule has 1 N–H and O–H groups in total. The molecule has 2 nitrogen and oxygen atoms in total. The molecule has 0 saturated heterocycles. The third kappa shape index (κ3) is 3.11. The highest BCUT2D eigenvalue weighted by atomic mass is 19.4. The van der Waals surface area contributed by atoms with Crippen LogP contribution in [0.2, 0.25) is 0 Å². The second kappa shape index (κ2) is 3.33. The van der Waals surface area contributed by atoms with Crippen LogP contribution in [0.1, 0.15) is 26.7 Å². The molecule has 0 aliphatic carbocycles. The van der Waals surface area contributed by atoms with E-state index in [-0.39, 0.29) is 6.42 Å². The lowest BCUT2D eigenvalue weighted by atomic mass is 9.87. The standard InChI is InChI=1S/C7H11F3O2/c1-6(2,7(8,9)10)4-3-5(11)12/h3-4H2,1-2H3,(H,11,12). The monoisotopic (exact) mass is 184 g/mol. The summed E-state index contributed by atoms with van der Waals surface area (Å²) in [4.78, 5) is 10.0. The van der Waals surface area contributed by atoms with Gasteiger partial charge in [-0.3, -0.25) is 4.79 Å². The lowest BCUT2D eigenvalue weighted by Gasteiger charge is -2.26. The molecule has 0 radical (unpaired) electrons. The van der Waals surface area contributed by atoms with Gasteiger partial charge in [0.25, 0.3) is 0 Å². The minimum Gasteiger partial charge on any atom is -0.481 e. The first-order chi connectivity index (χ1) is 5.17. The highest BCUT2D eigenvalue weighted by molar-refractivity contribution is 5.66. The zero-order valence-corrected chi connectivity index (χ0v) is 6.90. The van der Waals surface area contributed by atoms with Crippen molar-refractivity contribution in [2.24, 2.45) is 5.41 Å². The third-order valence-electron chi connectivity index (χ3n) is 1.73. The Labute approximate surface area is 68.4 Å². The maximum absolute atomic E-state index is 12.1. The molecule has 0 aromatic rings. The van der Waals surface area contributed by atoms with Gasteiger partial charge >= 0.3 is 12.1 Å². The van der Waals surface area contributed by atoms with E-state index in [4.69, 9.17) is 5.11 Å². The van der Waals surface area contributed by atoms with Crippen LogP contribution in [0, 0.1) is 5.41 Å². The average molecular weight is 184 g/mol. The van der Waals surface area contributed by atoms with Crippen LogP contribution in [0.5, 0.6) is 0 Å². The van der Waals surface area contributed by atoms with Crippen molar-refractivity contribution in [3.63, 3.8) is 0 Å². The second-order valence-corrected chi connectivity index (χ2v) is 3.28. The zero-order chi connectivity index (χ0) is 9.99. The number of alkyl halides is 3. The van der Waals surface area contributed by atoms with Gasteiger partial charge in [-0.05, 0) is 6.42 Å². The zero-order valence-electron chi connectivity index (χ0n) is 6.90. The predicted molar refractivity (Wildman–Crippen MR) is 36.7 cm³/mol. The van der Waals surface area contributed by atoms with Crippen molar-refractivity contribution in [3.8, 4) is 0 Å². The van der Waals surface area contributed by atoms with E-state index < -0.39 is 24.0 Å². The highest BCUT2D eigenvalue weighted by Gasteiger charge is 2.46. The summed E-state index contributed by atoms with van der Waals surface area (Å²) >= 11 is 0. The topological polar surface area (TPSA) is 37.3 Å². The fraction of sp³-hybridized carbons (Fsp3) is 0.857. The van der Waals surface area contributed by atoms with E-state index in [1.54, 1.807) is 0 Å². The summed E-state index contributed by atoms with van der Waals surface area (Å²) in [6.07, 6.45) is -5.17. The fourth-order valence-electron chi connectivity index (χ4n) is 0.561. The van der Waals surface area contributed by atoms with Crippen molar-refractivity contribution in [2.75, 3.05) is 0 Å². The second-order valence-electron chi connectivity index (χ2n) is 3.28. The molecule has 0 aromatic carbocycles. The summed E-state index contributed by atoms with van der Waals surface area (Å²) in [5.41, 5.74) is -1.91. The van der Waals surface area contributed by atoms with Crippen molar-refractivity contribution < 1.29 is 23.1 Å². The van der Waals surface area contributed by atoms with Gasteiger partial charge in [-0.25, -0.2) is 0 Å². The summed E-state index contributed by atoms with van der Waals surface area (Å²) in [6, 6.07) is 0. The number of rotatable bonds is 3. The first kappa shape index (κ1) is 11.3. The van der Waals surface area contributed by atoms with Gasteiger partial charge in [0.2, 0.25) is 0 Å². The Bertz CT molecular complexity index is 172. The summed E-state index contributed by atoms with van der Waals surface area (Å²) in [7, 11) is 0. The van der Waals surface area contributed by atoms with Gasteiger partial charge in [-0.2, -0.15) is 13.2 Å². The first-order valence-corrected chi connectivity index (χ1v) is 3.45. The molecule has 0 aromatic heterocycles. The van der Waals surface area contributed by atoms with Gasteiger partial charge in [-0.1, -0.05) is 13.8 Å². The lowest BCUT2D eigenvalue weighted by Crippen LogP contribution is -2.32. The van der Waals surface area contributed by atoms with E-state index >= 15 is 0 Å². The molecule has 12 heavy (non-hydrogen) atoms. The number of hydrogen-bond acceptors (Lipinski definition) is 1. The van der Waals surface area contributed by atoms with E-state index in [0.717, 1.165) is 13.8 Å². The minimum absolute atomic E-state index is 0.383. The number of hydrogen-bond donors (Lipinski definition) is 1. The van der Waals surface area contributed by atoms with Crippen LogP contribution >= 0.6 is 0 Å². The molecular weight excluding hydrogens is 173 g/mol. The van der Waals surface area contributed by atoms with Crippen LogP contribution in [-0.2, 0) is 4.79 Å².